The van der Waals surface area contributed by atoms with E-state index in [-0.39, 0.29) is 6.10 Å². The van der Waals surface area contributed by atoms with Crippen molar-refractivity contribution in [2.75, 3.05) is 0 Å². The maximum atomic E-state index is 8.95. The Balaban J connectivity index is 2.13. The number of benzene rings is 2. The molecule has 2 aromatic carbocycles. The van der Waals surface area contributed by atoms with Crippen molar-refractivity contribution in [2.24, 2.45) is 7.05 Å². The van der Waals surface area contributed by atoms with Gasteiger partial charge in [0.25, 0.3) is 0 Å². The lowest BCUT2D eigenvalue weighted by Gasteiger charge is -2.15. The van der Waals surface area contributed by atoms with Crippen molar-refractivity contribution in [3.05, 3.63) is 48.2 Å². The van der Waals surface area contributed by atoms with Crippen molar-refractivity contribution in [3.8, 4) is 22.9 Å². The first-order chi connectivity index (χ1) is 11.1. The molecule has 0 aliphatic heterocycles. The van der Waals surface area contributed by atoms with E-state index in [0.29, 0.717) is 6.42 Å². The number of ether oxygens (including phenoxy) is 1. The molecular formula is C19H19N3O. The fourth-order valence-electron chi connectivity index (χ4n) is 2.68. The Morgan fingerprint density at radius 1 is 1.22 bits per heavy atom. The van der Waals surface area contributed by atoms with E-state index in [0.717, 1.165) is 33.3 Å². The van der Waals surface area contributed by atoms with Crippen LogP contribution in [0.5, 0.6) is 5.75 Å². The van der Waals surface area contributed by atoms with Gasteiger partial charge in [-0.25, -0.2) is 0 Å². The molecule has 0 saturated heterocycles. The molecule has 3 rings (SSSR count). The normalized spacial score (nSPS) is 10.9. The number of fused-ring (bicyclic) bond motifs is 1. The first-order valence-electron chi connectivity index (χ1n) is 7.67. The Hall–Kier alpha value is -2.80. The topological polar surface area (TPSA) is 50.8 Å². The Bertz CT molecular complexity index is 887. The molecule has 4 heteroatoms. The maximum absolute atomic E-state index is 8.95. The third-order valence-corrected chi connectivity index (χ3v) is 3.62. The van der Waals surface area contributed by atoms with Gasteiger partial charge in [-0.2, -0.15) is 10.4 Å². The summed E-state index contributed by atoms with van der Waals surface area (Å²) in [7, 11) is 1.92. The summed E-state index contributed by atoms with van der Waals surface area (Å²) < 4.78 is 7.76. The van der Waals surface area contributed by atoms with Crippen molar-refractivity contribution in [1.82, 2.24) is 9.78 Å². The van der Waals surface area contributed by atoms with Gasteiger partial charge in [0.2, 0.25) is 0 Å². The average molecular weight is 305 g/mol. The van der Waals surface area contributed by atoms with Crippen LogP contribution in [0, 0.1) is 11.3 Å². The minimum Gasteiger partial charge on any atom is -0.490 e. The van der Waals surface area contributed by atoms with Crippen molar-refractivity contribution < 1.29 is 4.74 Å². The van der Waals surface area contributed by atoms with Gasteiger partial charge in [0.1, 0.15) is 5.75 Å². The number of nitrogens with zero attached hydrogens (tertiary/aromatic N) is 3. The molecule has 3 aromatic rings. The zero-order chi connectivity index (χ0) is 16.4. The summed E-state index contributed by atoms with van der Waals surface area (Å²) in [5, 5.41) is 14.4. The zero-order valence-corrected chi connectivity index (χ0v) is 13.6. The number of hydrogen-bond acceptors (Lipinski definition) is 3. The Kier molecular flexibility index (Phi) is 4.03. The molecule has 0 aliphatic rings. The lowest BCUT2D eigenvalue weighted by Crippen LogP contribution is -2.06. The monoisotopic (exact) mass is 305 g/mol. The van der Waals surface area contributed by atoms with Gasteiger partial charge in [0.15, 0.2) is 0 Å². The Labute approximate surface area is 135 Å². The molecule has 23 heavy (non-hydrogen) atoms. The fraction of sp³-hybridized carbons (Fsp3) is 0.263. The molecule has 0 N–H and O–H groups in total. The third-order valence-electron chi connectivity index (χ3n) is 3.62. The summed E-state index contributed by atoms with van der Waals surface area (Å²) >= 11 is 0. The lowest BCUT2D eigenvalue weighted by molar-refractivity contribution is 0.243. The minimum absolute atomic E-state index is 0.0951. The molecule has 0 unspecified atom stereocenters. The summed E-state index contributed by atoms with van der Waals surface area (Å²) in [6.07, 6.45) is 2.49. The largest absolute Gasteiger partial charge is 0.490 e. The second kappa shape index (κ2) is 6.13. The first kappa shape index (κ1) is 15.1. The van der Waals surface area contributed by atoms with E-state index in [4.69, 9.17) is 10.00 Å². The molecule has 116 valence electrons. The van der Waals surface area contributed by atoms with Gasteiger partial charge in [0.05, 0.1) is 24.1 Å². The Morgan fingerprint density at radius 2 is 2.04 bits per heavy atom. The van der Waals surface area contributed by atoms with Crippen LogP contribution in [0.4, 0.5) is 0 Å². The highest BCUT2D eigenvalue weighted by atomic mass is 16.5. The molecule has 0 fully saturated rings. The van der Waals surface area contributed by atoms with E-state index >= 15 is 0 Å². The molecule has 1 heterocycles. The highest BCUT2D eigenvalue weighted by Crippen LogP contribution is 2.33. The minimum atomic E-state index is 0.0951. The van der Waals surface area contributed by atoms with Crippen LogP contribution in [0.25, 0.3) is 22.0 Å². The molecule has 0 aliphatic carbocycles. The maximum Gasteiger partial charge on any atom is 0.127 e. The van der Waals surface area contributed by atoms with Crippen molar-refractivity contribution in [1.29, 1.82) is 5.26 Å². The molecule has 0 atom stereocenters. The van der Waals surface area contributed by atoms with Gasteiger partial charge in [-0.1, -0.05) is 12.1 Å². The van der Waals surface area contributed by atoms with Crippen LogP contribution < -0.4 is 4.74 Å². The molecule has 0 amide bonds. The second-order valence-corrected chi connectivity index (χ2v) is 5.91. The SMILES string of the molecule is CC(C)Oc1ccc(CC#N)cc1-c1ccc2nn(C)cc2c1. The molecule has 1 aromatic heterocycles. The van der Waals surface area contributed by atoms with Crippen LogP contribution >= 0.6 is 0 Å². The van der Waals surface area contributed by atoms with E-state index in [9.17, 15) is 0 Å². The number of aryl methyl sites for hydroxylation is 1. The fourth-order valence-corrected chi connectivity index (χ4v) is 2.68. The number of hydrogen-bond donors (Lipinski definition) is 0. The van der Waals surface area contributed by atoms with Gasteiger partial charge in [-0.05, 0) is 49.2 Å². The Morgan fingerprint density at radius 3 is 2.78 bits per heavy atom. The van der Waals surface area contributed by atoms with Crippen LogP contribution in [0.3, 0.4) is 0 Å². The predicted molar refractivity (Wildman–Crippen MR) is 91.2 cm³/mol. The van der Waals surface area contributed by atoms with Gasteiger partial charge < -0.3 is 4.74 Å². The van der Waals surface area contributed by atoms with Crippen LogP contribution in [-0.4, -0.2) is 15.9 Å². The predicted octanol–water partition coefficient (Wildman–Crippen LogP) is 4.09. The number of aromatic nitrogens is 2. The smallest absolute Gasteiger partial charge is 0.127 e. The average Bonchev–Trinajstić information content (AvgIpc) is 2.87. The van der Waals surface area contributed by atoms with Crippen molar-refractivity contribution >= 4 is 10.9 Å². The third kappa shape index (κ3) is 3.19. The second-order valence-electron chi connectivity index (χ2n) is 5.91. The number of rotatable bonds is 4. The quantitative estimate of drug-likeness (QED) is 0.729. The number of nitriles is 1. The van der Waals surface area contributed by atoms with Crippen molar-refractivity contribution in [2.45, 2.75) is 26.4 Å². The molecule has 0 spiro atoms. The molecule has 0 radical (unpaired) electrons. The first-order valence-corrected chi connectivity index (χ1v) is 7.67. The lowest BCUT2D eigenvalue weighted by atomic mass is 9.99. The van der Waals surface area contributed by atoms with Gasteiger partial charge in [0, 0.05) is 24.2 Å². The van der Waals surface area contributed by atoms with Crippen LogP contribution in [0.2, 0.25) is 0 Å². The summed E-state index contributed by atoms with van der Waals surface area (Å²) in [5.41, 5.74) is 4.04. The molecule has 0 bridgehead atoms. The standard InChI is InChI=1S/C19H19N3O/c1-13(2)23-19-7-4-14(8-9-20)10-17(19)15-5-6-18-16(11-15)12-22(3)21-18/h4-7,10-13H,8H2,1-3H3. The summed E-state index contributed by atoms with van der Waals surface area (Å²) in [6, 6.07) is 14.3. The van der Waals surface area contributed by atoms with Gasteiger partial charge in [-0.3, -0.25) is 4.68 Å². The summed E-state index contributed by atoms with van der Waals surface area (Å²) in [5.74, 6) is 0.838. The van der Waals surface area contributed by atoms with E-state index in [1.807, 2.05) is 62.1 Å². The van der Waals surface area contributed by atoms with Crippen LogP contribution in [0.1, 0.15) is 19.4 Å². The van der Waals surface area contributed by atoms with E-state index in [1.165, 1.54) is 0 Å². The molecular weight excluding hydrogens is 286 g/mol. The van der Waals surface area contributed by atoms with E-state index in [1.54, 1.807) is 0 Å². The van der Waals surface area contributed by atoms with Gasteiger partial charge in [-0.15, -0.1) is 0 Å². The van der Waals surface area contributed by atoms with Crippen molar-refractivity contribution in [3.63, 3.8) is 0 Å². The highest BCUT2D eigenvalue weighted by Gasteiger charge is 2.11. The zero-order valence-electron chi connectivity index (χ0n) is 13.6. The molecule has 4 nitrogen and oxygen atoms in total. The summed E-state index contributed by atoms with van der Waals surface area (Å²) in [6.45, 7) is 4.02. The van der Waals surface area contributed by atoms with Crippen LogP contribution in [-0.2, 0) is 13.5 Å². The highest BCUT2D eigenvalue weighted by molar-refractivity contribution is 5.85. The van der Waals surface area contributed by atoms with E-state index < -0.39 is 0 Å². The van der Waals surface area contributed by atoms with E-state index in [2.05, 4.69) is 17.2 Å². The molecule has 0 saturated carbocycles. The summed E-state index contributed by atoms with van der Waals surface area (Å²) in [4.78, 5) is 0. The van der Waals surface area contributed by atoms with Crippen LogP contribution in [0.15, 0.2) is 42.6 Å². The van der Waals surface area contributed by atoms with Gasteiger partial charge >= 0.3 is 0 Å².